The lowest BCUT2D eigenvalue weighted by molar-refractivity contribution is -0.149. The summed E-state index contributed by atoms with van der Waals surface area (Å²) < 4.78 is 19.0. The first-order chi connectivity index (χ1) is 11.2. The average Bonchev–Trinajstić information content (AvgIpc) is 2.47. The molecule has 8 heteroatoms. The van der Waals surface area contributed by atoms with Crippen molar-refractivity contribution in [1.82, 2.24) is 10.6 Å². The number of rotatable bonds is 5. The van der Waals surface area contributed by atoms with E-state index in [2.05, 4.69) is 26.6 Å². The van der Waals surface area contributed by atoms with Crippen molar-refractivity contribution in [1.29, 1.82) is 0 Å². The van der Waals surface area contributed by atoms with Crippen LogP contribution in [-0.2, 0) is 14.3 Å². The zero-order valence-electron chi connectivity index (χ0n) is 13.4. The normalized spacial score (nSPS) is 12.1. The van der Waals surface area contributed by atoms with Crippen molar-refractivity contribution in [3.8, 4) is 0 Å². The molecule has 1 aromatic rings. The number of esters is 1. The Morgan fingerprint density at radius 1 is 1.25 bits per heavy atom. The number of benzene rings is 1. The van der Waals surface area contributed by atoms with Gasteiger partial charge in [-0.05, 0) is 45.0 Å². The first kappa shape index (κ1) is 19.8. The molecule has 24 heavy (non-hydrogen) atoms. The average molecular weight is 401 g/mol. The van der Waals surface area contributed by atoms with Crippen LogP contribution in [0.5, 0.6) is 0 Å². The minimum absolute atomic E-state index is 0.140. The van der Waals surface area contributed by atoms with E-state index in [-0.39, 0.29) is 11.6 Å². The Kier molecular flexibility index (Phi) is 7.57. The molecule has 0 aliphatic carbocycles. The molecule has 3 amide bonds. The van der Waals surface area contributed by atoms with Gasteiger partial charge in [0, 0.05) is 22.2 Å². The molecular formula is C16H18BrFN2O4. The topological polar surface area (TPSA) is 84.5 Å². The van der Waals surface area contributed by atoms with Gasteiger partial charge in [0.15, 0.2) is 6.10 Å². The van der Waals surface area contributed by atoms with Gasteiger partial charge in [0.2, 0.25) is 0 Å². The Morgan fingerprint density at radius 3 is 2.54 bits per heavy atom. The summed E-state index contributed by atoms with van der Waals surface area (Å²) in [5.41, 5.74) is 0.190. The van der Waals surface area contributed by atoms with Gasteiger partial charge in [0.05, 0.1) is 0 Å². The van der Waals surface area contributed by atoms with Gasteiger partial charge in [-0.1, -0.05) is 15.9 Å². The third kappa shape index (κ3) is 6.91. The minimum Gasteiger partial charge on any atom is -0.449 e. The van der Waals surface area contributed by atoms with E-state index in [0.717, 1.165) is 6.08 Å². The van der Waals surface area contributed by atoms with E-state index in [1.165, 1.54) is 31.2 Å². The molecule has 0 unspecified atom stereocenters. The van der Waals surface area contributed by atoms with Crippen LogP contribution in [0.2, 0.25) is 0 Å². The maximum Gasteiger partial charge on any atom is 0.331 e. The van der Waals surface area contributed by atoms with Crippen LogP contribution in [0.4, 0.5) is 9.18 Å². The van der Waals surface area contributed by atoms with Gasteiger partial charge in [-0.2, -0.15) is 0 Å². The van der Waals surface area contributed by atoms with E-state index in [1.807, 2.05) is 0 Å². The summed E-state index contributed by atoms with van der Waals surface area (Å²) in [5.74, 6) is -2.09. The smallest absolute Gasteiger partial charge is 0.331 e. The van der Waals surface area contributed by atoms with Crippen molar-refractivity contribution >= 4 is 39.9 Å². The number of halogens is 2. The van der Waals surface area contributed by atoms with Gasteiger partial charge >= 0.3 is 12.0 Å². The maximum atomic E-state index is 13.5. The summed E-state index contributed by atoms with van der Waals surface area (Å²) in [7, 11) is 0. The molecule has 130 valence electrons. The van der Waals surface area contributed by atoms with Crippen LogP contribution in [0.1, 0.15) is 26.3 Å². The van der Waals surface area contributed by atoms with Crippen molar-refractivity contribution in [3.05, 3.63) is 40.1 Å². The summed E-state index contributed by atoms with van der Waals surface area (Å²) in [6.07, 6.45) is 1.06. The highest BCUT2D eigenvalue weighted by atomic mass is 79.9. The Hall–Kier alpha value is -2.22. The maximum absolute atomic E-state index is 13.5. The molecule has 0 fully saturated rings. The highest BCUT2D eigenvalue weighted by molar-refractivity contribution is 9.10. The van der Waals surface area contributed by atoms with Crippen LogP contribution in [-0.4, -0.2) is 30.1 Å². The zero-order valence-corrected chi connectivity index (χ0v) is 15.0. The molecule has 0 saturated carbocycles. The van der Waals surface area contributed by atoms with Crippen molar-refractivity contribution in [2.45, 2.75) is 32.9 Å². The lowest BCUT2D eigenvalue weighted by Gasteiger charge is -2.13. The molecule has 0 radical (unpaired) electrons. The quantitative estimate of drug-likeness (QED) is 0.587. The van der Waals surface area contributed by atoms with Crippen LogP contribution in [0.3, 0.4) is 0 Å². The Morgan fingerprint density at radius 2 is 1.92 bits per heavy atom. The number of carbonyl (C=O) groups is 3. The fourth-order valence-corrected chi connectivity index (χ4v) is 1.96. The first-order valence-corrected chi connectivity index (χ1v) is 7.93. The van der Waals surface area contributed by atoms with Crippen molar-refractivity contribution in [2.75, 3.05) is 0 Å². The number of carbonyl (C=O) groups excluding carboxylic acids is 3. The molecule has 0 bridgehead atoms. The first-order valence-electron chi connectivity index (χ1n) is 7.14. The van der Waals surface area contributed by atoms with Gasteiger partial charge in [0.25, 0.3) is 5.91 Å². The van der Waals surface area contributed by atoms with E-state index in [9.17, 15) is 18.8 Å². The van der Waals surface area contributed by atoms with E-state index < -0.39 is 29.8 Å². The van der Waals surface area contributed by atoms with E-state index in [4.69, 9.17) is 4.74 Å². The Balaban J connectivity index is 2.57. The van der Waals surface area contributed by atoms with Gasteiger partial charge in [-0.3, -0.25) is 10.1 Å². The molecule has 1 atom stereocenters. The summed E-state index contributed by atoms with van der Waals surface area (Å²) in [6.45, 7) is 4.79. The lowest BCUT2D eigenvalue weighted by Crippen LogP contribution is -2.46. The van der Waals surface area contributed by atoms with E-state index >= 15 is 0 Å². The largest absolute Gasteiger partial charge is 0.449 e. The number of imide groups is 1. The van der Waals surface area contributed by atoms with Crippen LogP contribution in [0.15, 0.2) is 28.7 Å². The fraction of sp³-hybridized carbons (Fsp3) is 0.312. The second-order valence-electron chi connectivity index (χ2n) is 5.20. The van der Waals surface area contributed by atoms with Crippen molar-refractivity contribution in [3.63, 3.8) is 0 Å². The molecule has 0 spiro atoms. The SMILES string of the molecule is CC(C)NC(=O)NC(=O)[C@@H](C)OC(=O)/C=C/c1cc(Br)ccc1F. The number of ether oxygens (including phenoxy) is 1. The molecule has 1 aromatic carbocycles. The predicted octanol–water partition coefficient (Wildman–Crippen LogP) is 2.77. The predicted molar refractivity (Wildman–Crippen MR) is 90.5 cm³/mol. The summed E-state index contributed by atoms with van der Waals surface area (Å²) in [4.78, 5) is 34.8. The van der Waals surface area contributed by atoms with Gasteiger partial charge in [-0.15, -0.1) is 0 Å². The van der Waals surface area contributed by atoms with Gasteiger partial charge in [0.1, 0.15) is 5.82 Å². The molecule has 2 N–H and O–H groups in total. The van der Waals surface area contributed by atoms with Crippen molar-refractivity contribution < 1.29 is 23.5 Å². The number of urea groups is 1. The standard InChI is InChI=1S/C16H18BrFN2O4/c1-9(2)19-16(23)20-15(22)10(3)24-14(21)7-4-11-8-12(17)5-6-13(11)18/h4-10H,1-3H3,(H2,19,20,22,23)/b7-4+/t10-/m1/s1. The van der Waals surface area contributed by atoms with Gasteiger partial charge < -0.3 is 10.1 Å². The highest BCUT2D eigenvalue weighted by Crippen LogP contribution is 2.16. The molecule has 0 aliphatic heterocycles. The summed E-state index contributed by atoms with van der Waals surface area (Å²) in [6, 6.07) is 3.45. The molecule has 1 rings (SSSR count). The second-order valence-corrected chi connectivity index (χ2v) is 6.11. The van der Waals surface area contributed by atoms with Crippen LogP contribution in [0, 0.1) is 5.82 Å². The lowest BCUT2D eigenvalue weighted by atomic mass is 10.2. The zero-order chi connectivity index (χ0) is 18.3. The molecular weight excluding hydrogens is 383 g/mol. The van der Waals surface area contributed by atoms with Crippen LogP contribution in [0.25, 0.3) is 6.08 Å². The number of nitrogens with one attached hydrogen (secondary N) is 2. The number of hydrogen-bond acceptors (Lipinski definition) is 4. The van der Waals surface area contributed by atoms with Crippen LogP contribution < -0.4 is 10.6 Å². The molecule has 6 nitrogen and oxygen atoms in total. The number of amides is 3. The van der Waals surface area contributed by atoms with Gasteiger partial charge in [-0.25, -0.2) is 14.0 Å². The molecule has 0 aromatic heterocycles. The highest BCUT2D eigenvalue weighted by Gasteiger charge is 2.19. The van der Waals surface area contributed by atoms with Crippen LogP contribution >= 0.6 is 15.9 Å². The minimum atomic E-state index is -1.17. The van der Waals surface area contributed by atoms with E-state index in [1.54, 1.807) is 13.8 Å². The monoisotopic (exact) mass is 400 g/mol. The van der Waals surface area contributed by atoms with E-state index in [0.29, 0.717) is 4.47 Å². The third-order valence-electron chi connectivity index (χ3n) is 2.68. The molecule has 0 heterocycles. The molecule has 0 saturated heterocycles. The summed E-state index contributed by atoms with van der Waals surface area (Å²) >= 11 is 3.19. The third-order valence-corrected chi connectivity index (χ3v) is 3.17. The van der Waals surface area contributed by atoms with Crippen molar-refractivity contribution in [2.24, 2.45) is 0 Å². The summed E-state index contributed by atoms with van der Waals surface area (Å²) in [5, 5.41) is 4.52. The molecule has 0 aliphatic rings. The second kappa shape index (κ2) is 9.17. The Labute approximate surface area is 147 Å². The Bertz CT molecular complexity index is 661. The fourth-order valence-electron chi connectivity index (χ4n) is 1.58. The number of hydrogen-bond donors (Lipinski definition) is 2.